The first-order chi connectivity index (χ1) is 6.50. The zero-order chi connectivity index (χ0) is 10.7. The van der Waals surface area contributed by atoms with Gasteiger partial charge in [-0.25, -0.2) is 4.39 Å². The molecule has 1 aromatic carbocycles. The van der Waals surface area contributed by atoms with Gasteiger partial charge in [-0.15, -0.1) is 11.8 Å². The van der Waals surface area contributed by atoms with Crippen LogP contribution in [-0.4, -0.2) is 11.0 Å². The van der Waals surface area contributed by atoms with Crippen LogP contribution in [0.1, 0.15) is 31.1 Å². The van der Waals surface area contributed by atoms with E-state index in [-0.39, 0.29) is 11.6 Å². The average Bonchev–Trinajstić information content (AvgIpc) is 2.07. The molecule has 1 nitrogen and oxygen atoms in total. The first kappa shape index (κ1) is 11.2. The lowest BCUT2D eigenvalue weighted by atomic mass is 10.1. The molecule has 76 valence electrons. The van der Waals surface area contributed by atoms with E-state index in [9.17, 15) is 9.18 Å². The molecule has 0 aliphatic carbocycles. The molecule has 0 heterocycles. The van der Waals surface area contributed by atoms with E-state index < -0.39 is 0 Å². The maximum Gasteiger partial charge on any atom is 0.161 e. The third kappa shape index (κ3) is 2.84. The lowest BCUT2D eigenvalue weighted by Gasteiger charge is -2.08. The highest BCUT2D eigenvalue weighted by molar-refractivity contribution is 8.00. The quantitative estimate of drug-likeness (QED) is 0.563. The highest BCUT2D eigenvalue weighted by atomic mass is 32.2. The first-order valence-electron chi connectivity index (χ1n) is 4.48. The SMILES string of the molecule is CC(=O)c1cc(F)ccc1SC(C)C. The van der Waals surface area contributed by atoms with Gasteiger partial charge in [0.1, 0.15) is 5.82 Å². The van der Waals surface area contributed by atoms with Gasteiger partial charge >= 0.3 is 0 Å². The Morgan fingerprint density at radius 3 is 2.57 bits per heavy atom. The molecular weight excluding hydrogens is 199 g/mol. The Morgan fingerprint density at radius 2 is 2.07 bits per heavy atom. The fourth-order valence-corrected chi connectivity index (χ4v) is 2.12. The molecule has 1 rings (SSSR count). The normalized spacial score (nSPS) is 10.6. The van der Waals surface area contributed by atoms with Crippen molar-refractivity contribution in [2.75, 3.05) is 0 Å². The van der Waals surface area contributed by atoms with Crippen molar-refractivity contribution in [2.24, 2.45) is 0 Å². The largest absolute Gasteiger partial charge is 0.294 e. The number of ketones is 1. The van der Waals surface area contributed by atoms with Crippen LogP contribution >= 0.6 is 11.8 Å². The number of benzene rings is 1. The summed E-state index contributed by atoms with van der Waals surface area (Å²) in [4.78, 5) is 12.1. The second kappa shape index (κ2) is 4.60. The molecule has 0 aliphatic rings. The van der Waals surface area contributed by atoms with Crippen molar-refractivity contribution < 1.29 is 9.18 Å². The van der Waals surface area contributed by atoms with Crippen LogP contribution in [-0.2, 0) is 0 Å². The maximum atomic E-state index is 12.9. The van der Waals surface area contributed by atoms with Gasteiger partial charge in [0, 0.05) is 15.7 Å². The monoisotopic (exact) mass is 212 g/mol. The van der Waals surface area contributed by atoms with Crippen molar-refractivity contribution in [2.45, 2.75) is 30.9 Å². The van der Waals surface area contributed by atoms with E-state index in [1.165, 1.54) is 19.1 Å². The minimum Gasteiger partial charge on any atom is -0.294 e. The Morgan fingerprint density at radius 1 is 1.43 bits per heavy atom. The van der Waals surface area contributed by atoms with Crippen molar-refractivity contribution in [3.8, 4) is 0 Å². The number of carbonyl (C=O) groups is 1. The number of thioether (sulfide) groups is 1. The molecule has 0 N–H and O–H groups in total. The third-order valence-electron chi connectivity index (χ3n) is 1.68. The molecule has 0 radical (unpaired) electrons. The van der Waals surface area contributed by atoms with Crippen LogP contribution in [0.2, 0.25) is 0 Å². The van der Waals surface area contributed by atoms with Gasteiger partial charge in [0.2, 0.25) is 0 Å². The van der Waals surface area contributed by atoms with E-state index in [1.807, 2.05) is 13.8 Å². The summed E-state index contributed by atoms with van der Waals surface area (Å²) in [5, 5.41) is 0.388. The lowest BCUT2D eigenvalue weighted by Crippen LogP contribution is -1.98. The Balaban J connectivity index is 3.08. The lowest BCUT2D eigenvalue weighted by molar-refractivity contribution is 0.101. The number of hydrogen-bond donors (Lipinski definition) is 0. The molecule has 0 amide bonds. The van der Waals surface area contributed by atoms with Gasteiger partial charge < -0.3 is 0 Å². The van der Waals surface area contributed by atoms with E-state index in [4.69, 9.17) is 0 Å². The molecule has 1 aromatic rings. The fourth-order valence-electron chi connectivity index (χ4n) is 1.13. The predicted octanol–water partition coefficient (Wildman–Crippen LogP) is 3.53. The number of halogens is 1. The Hall–Kier alpha value is -0.830. The summed E-state index contributed by atoms with van der Waals surface area (Å²) in [7, 11) is 0. The summed E-state index contributed by atoms with van der Waals surface area (Å²) >= 11 is 1.57. The van der Waals surface area contributed by atoms with E-state index in [1.54, 1.807) is 17.8 Å². The van der Waals surface area contributed by atoms with Crippen molar-refractivity contribution in [1.29, 1.82) is 0 Å². The Labute approximate surface area is 87.7 Å². The summed E-state index contributed by atoms with van der Waals surface area (Å²) in [6.45, 7) is 5.54. The molecule has 0 saturated heterocycles. The van der Waals surface area contributed by atoms with E-state index in [2.05, 4.69) is 0 Å². The van der Waals surface area contributed by atoms with Crippen molar-refractivity contribution >= 4 is 17.5 Å². The van der Waals surface area contributed by atoms with Gasteiger partial charge in [-0.3, -0.25) is 4.79 Å². The van der Waals surface area contributed by atoms with Gasteiger partial charge in [0.05, 0.1) is 0 Å². The smallest absolute Gasteiger partial charge is 0.161 e. The highest BCUT2D eigenvalue weighted by Gasteiger charge is 2.10. The third-order valence-corrected chi connectivity index (χ3v) is 2.76. The highest BCUT2D eigenvalue weighted by Crippen LogP contribution is 2.27. The van der Waals surface area contributed by atoms with E-state index in [0.717, 1.165) is 4.90 Å². The summed E-state index contributed by atoms with van der Waals surface area (Å²) in [6, 6.07) is 4.35. The zero-order valence-corrected chi connectivity index (χ0v) is 9.32. The number of Topliss-reactive ketones (excluding diaryl/α,β-unsaturated/α-hetero) is 1. The topological polar surface area (TPSA) is 17.1 Å². The summed E-state index contributed by atoms with van der Waals surface area (Å²) in [5.41, 5.74) is 0.476. The predicted molar refractivity (Wildman–Crippen MR) is 57.4 cm³/mol. The van der Waals surface area contributed by atoms with Crippen LogP contribution in [0.25, 0.3) is 0 Å². The summed E-state index contributed by atoms with van der Waals surface area (Å²) in [5.74, 6) is -0.448. The molecule has 0 atom stereocenters. The molecule has 0 aromatic heterocycles. The van der Waals surface area contributed by atoms with Crippen molar-refractivity contribution in [3.63, 3.8) is 0 Å². The molecule has 0 unspecified atom stereocenters. The van der Waals surface area contributed by atoms with Gasteiger partial charge in [-0.2, -0.15) is 0 Å². The van der Waals surface area contributed by atoms with E-state index >= 15 is 0 Å². The molecular formula is C11H13FOS. The van der Waals surface area contributed by atoms with E-state index in [0.29, 0.717) is 10.8 Å². The molecule has 0 aliphatic heterocycles. The van der Waals surface area contributed by atoms with Gasteiger partial charge in [-0.1, -0.05) is 13.8 Å². The number of carbonyl (C=O) groups excluding carboxylic acids is 1. The van der Waals surface area contributed by atoms with Gasteiger partial charge in [-0.05, 0) is 25.1 Å². The zero-order valence-electron chi connectivity index (χ0n) is 8.50. The summed E-state index contributed by atoms with van der Waals surface area (Å²) in [6.07, 6.45) is 0. The summed E-state index contributed by atoms with van der Waals surface area (Å²) < 4.78 is 12.9. The first-order valence-corrected chi connectivity index (χ1v) is 5.36. The Kier molecular flexibility index (Phi) is 3.69. The number of rotatable bonds is 3. The molecule has 0 saturated carbocycles. The van der Waals surface area contributed by atoms with Crippen LogP contribution < -0.4 is 0 Å². The van der Waals surface area contributed by atoms with Crippen LogP contribution in [0.3, 0.4) is 0 Å². The van der Waals surface area contributed by atoms with Crippen LogP contribution in [0, 0.1) is 5.82 Å². The second-order valence-electron chi connectivity index (χ2n) is 3.36. The maximum absolute atomic E-state index is 12.9. The molecule has 3 heteroatoms. The van der Waals surface area contributed by atoms with Crippen LogP contribution in [0.5, 0.6) is 0 Å². The molecule has 0 fully saturated rings. The Bertz CT molecular complexity index is 347. The molecule has 0 spiro atoms. The van der Waals surface area contributed by atoms with Crippen LogP contribution in [0.4, 0.5) is 4.39 Å². The molecule has 14 heavy (non-hydrogen) atoms. The second-order valence-corrected chi connectivity index (χ2v) is 4.98. The minimum atomic E-state index is -0.358. The van der Waals surface area contributed by atoms with Crippen LogP contribution in [0.15, 0.2) is 23.1 Å². The standard InChI is InChI=1S/C11H13FOS/c1-7(2)14-11-5-4-9(12)6-10(11)8(3)13/h4-7H,1-3H3. The minimum absolute atomic E-state index is 0.0901. The van der Waals surface area contributed by atoms with Crippen molar-refractivity contribution in [1.82, 2.24) is 0 Å². The molecule has 0 bridgehead atoms. The fraction of sp³-hybridized carbons (Fsp3) is 0.364. The average molecular weight is 212 g/mol. The van der Waals surface area contributed by atoms with Gasteiger partial charge in [0.15, 0.2) is 5.78 Å². The number of hydrogen-bond acceptors (Lipinski definition) is 2. The van der Waals surface area contributed by atoms with Gasteiger partial charge in [0.25, 0.3) is 0 Å². The van der Waals surface area contributed by atoms with Crippen molar-refractivity contribution in [3.05, 3.63) is 29.6 Å².